The number of hydrogen-bond acceptors (Lipinski definition) is 4. The summed E-state index contributed by atoms with van der Waals surface area (Å²) in [4.78, 5) is -0.0378. The van der Waals surface area contributed by atoms with Crippen molar-refractivity contribution in [3.05, 3.63) is 46.7 Å². The molecule has 0 aliphatic rings. The second-order valence-corrected chi connectivity index (χ2v) is 6.67. The lowest BCUT2D eigenvalue weighted by Gasteiger charge is -2.10. The highest BCUT2D eigenvalue weighted by Crippen LogP contribution is 2.26. The van der Waals surface area contributed by atoms with Gasteiger partial charge in [0.1, 0.15) is 11.6 Å². The molecular weight excluding hydrogens is 363 g/mol. The summed E-state index contributed by atoms with van der Waals surface area (Å²) in [6.45, 7) is 0. The summed E-state index contributed by atoms with van der Waals surface area (Å²) in [5, 5.41) is 0. The molecule has 0 saturated carbocycles. The van der Waals surface area contributed by atoms with Crippen LogP contribution in [0, 0.1) is 5.82 Å². The number of nitrogen functional groups attached to an aromatic ring is 1. The Morgan fingerprint density at radius 1 is 1.24 bits per heavy atom. The summed E-state index contributed by atoms with van der Waals surface area (Å²) < 4.78 is 45.3. The van der Waals surface area contributed by atoms with E-state index in [4.69, 9.17) is 10.5 Å². The summed E-state index contributed by atoms with van der Waals surface area (Å²) in [5.74, 6) is -0.187. The van der Waals surface area contributed by atoms with Crippen molar-refractivity contribution in [3.63, 3.8) is 0 Å². The molecule has 0 heterocycles. The topological polar surface area (TPSA) is 81.4 Å². The molecule has 0 fully saturated rings. The van der Waals surface area contributed by atoms with E-state index in [2.05, 4.69) is 20.7 Å². The number of anilines is 2. The van der Waals surface area contributed by atoms with Crippen molar-refractivity contribution in [3.8, 4) is 5.75 Å². The molecule has 8 heteroatoms. The minimum absolute atomic E-state index is 0.0378. The number of nitrogens with two attached hydrogens (primary N) is 1. The van der Waals surface area contributed by atoms with Crippen molar-refractivity contribution in [2.24, 2.45) is 0 Å². The zero-order valence-electron chi connectivity index (χ0n) is 10.9. The molecular formula is C13H12BrFN2O3S. The van der Waals surface area contributed by atoms with Gasteiger partial charge in [-0.2, -0.15) is 0 Å². The summed E-state index contributed by atoms with van der Waals surface area (Å²) >= 11 is 3.00. The summed E-state index contributed by atoms with van der Waals surface area (Å²) in [7, 11) is -2.42. The molecule has 112 valence electrons. The molecule has 0 radical (unpaired) electrons. The van der Waals surface area contributed by atoms with Crippen LogP contribution in [0.15, 0.2) is 45.8 Å². The fourth-order valence-corrected chi connectivity index (χ4v) is 2.98. The van der Waals surface area contributed by atoms with Gasteiger partial charge in [0.2, 0.25) is 0 Å². The van der Waals surface area contributed by atoms with Gasteiger partial charge in [-0.25, -0.2) is 12.8 Å². The Labute approximate surface area is 130 Å². The van der Waals surface area contributed by atoms with Crippen LogP contribution in [0.25, 0.3) is 0 Å². The van der Waals surface area contributed by atoms with Crippen molar-refractivity contribution in [1.82, 2.24) is 0 Å². The third-order valence-electron chi connectivity index (χ3n) is 2.68. The maximum absolute atomic E-state index is 13.4. The van der Waals surface area contributed by atoms with E-state index in [0.717, 1.165) is 6.07 Å². The van der Waals surface area contributed by atoms with Crippen molar-refractivity contribution in [2.45, 2.75) is 4.90 Å². The van der Waals surface area contributed by atoms with Gasteiger partial charge in [-0.3, -0.25) is 4.72 Å². The highest BCUT2D eigenvalue weighted by Gasteiger charge is 2.16. The van der Waals surface area contributed by atoms with E-state index in [1.807, 2.05) is 0 Å². The van der Waals surface area contributed by atoms with Crippen LogP contribution in [0.3, 0.4) is 0 Å². The number of ether oxygens (including phenoxy) is 1. The van der Waals surface area contributed by atoms with Crippen LogP contribution in [0.4, 0.5) is 15.8 Å². The van der Waals surface area contributed by atoms with Crippen molar-refractivity contribution in [2.75, 3.05) is 17.6 Å². The lowest BCUT2D eigenvalue weighted by molar-refractivity contribution is 0.416. The fourth-order valence-electron chi connectivity index (χ4n) is 1.65. The lowest BCUT2D eigenvalue weighted by atomic mass is 10.3. The maximum Gasteiger partial charge on any atom is 0.261 e. The molecule has 0 bridgehead atoms. The molecule has 21 heavy (non-hydrogen) atoms. The van der Waals surface area contributed by atoms with Crippen LogP contribution >= 0.6 is 15.9 Å². The van der Waals surface area contributed by atoms with Gasteiger partial charge >= 0.3 is 0 Å². The minimum Gasteiger partial charge on any atom is -0.495 e. The molecule has 0 aliphatic carbocycles. The molecule has 0 unspecified atom stereocenters. The first-order chi connectivity index (χ1) is 9.83. The lowest BCUT2D eigenvalue weighted by Crippen LogP contribution is -2.13. The van der Waals surface area contributed by atoms with Gasteiger partial charge in [0.15, 0.2) is 0 Å². The van der Waals surface area contributed by atoms with E-state index < -0.39 is 15.8 Å². The van der Waals surface area contributed by atoms with Crippen LogP contribution < -0.4 is 15.2 Å². The highest BCUT2D eigenvalue weighted by molar-refractivity contribution is 9.10. The Bertz CT molecular complexity index is 781. The van der Waals surface area contributed by atoms with Crippen molar-refractivity contribution < 1.29 is 17.5 Å². The molecule has 0 atom stereocenters. The van der Waals surface area contributed by atoms with Gasteiger partial charge in [-0.1, -0.05) is 0 Å². The number of hydrogen-bond donors (Lipinski definition) is 2. The van der Waals surface area contributed by atoms with E-state index in [1.165, 1.54) is 37.4 Å². The fraction of sp³-hybridized carbons (Fsp3) is 0.0769. The standard InChI is InChI=1S/C13H12BrFN2O3S/c1-20-13-5-3-9(7-12(13)16)21(18,19)17-8-2-4-10(14)11(15)6-8/h2-7,17H,16H2,1H3. The molecule has 0 spiro atoms. The normalized spacial score (nSPS) is 11.2. The first-order valence-electron chi connectivity index (χ1n) is 5.75. The van der Waals surface area contributed by atoms with Crippen molar-refractivity contribution >= 4 is 37.3 Å². The average molecular weight is 375 g/mol. The van der Waals surface area contributed by atoms with Gasteiger partial charge in [-0.05, 0) is 52.3 Å². The molecule has 0 aliphatic heterocycles. The Kier molecular flexibility index (Phi) is 4.38. The Morgan fingerprint density at radius 2 is 1.95 bits per heavy atom. The van der Waals surface area contributed by atoms with Crippen LogP contribution in [-0.2, 0) is 10.0 Å². The van der Waals surface area contributed by atoms with Gasteiger partial charge in [0.05, 0.1) is 27.9 Å². The largest absolute Gasteiger partial charge is 0.495 e. The van der Waals surface area contributed by atoms with Gasteiger partial charge in [0, 0.05) is 0 Å². The Morgan fingerprint density at radius 3 is 2.52 bits per heavy atom. The average Bonchev–Trinajstić information content (AvgIpc) is 2.42. The van der Waals surface area contributed by atoms with E-state index in [1.54, 1.807) is 0 Å². The van der Waals surface area contributed by atoms with Crippen LogP contribution in [-0.4, -0.2) is 15.5 Å². The van der Waals surface area contributed by atoms with Gasteiger partial charge in [-0.15, -0.1) is 0 Å². The summed E-state index contributed by atoms with van der Waals surface area (Å²) in [6.07, 6.45) is 0. The second kappa shape index (κ2) is 5.90. The van der Waals surface area contributed by atoms with Crippen LogP contribution in [0.5, 0.6) is 5.75 Å². The van der Waals surface area contributed by atoms with E-state index in [-0.39, 0.29) is 20.7 Å². The predicted octanol–water partition coefficient (Wildman–Crippen LogP) is 2.98. The molecule has 2 aromatic carbocycles. The molecule has 3 N–H and O–H groups in total. The first kappa shape index (κ1) is 15.6. The predicted molar refractivity (Wildman–Crippen MR) is 82.3 cm³/mol. The number of benzene rings is 2. The maximum atomic E-state index is 13.4. The molecule has 2 rings (SSSR count). The van der Waals surface area contributed by atoms with E-state index in [9.17, 15) is 12.8 Å². The third-order valence-corrected chi connectivity index (χ3v) is 4.71. The third kappa shape index (κ3) is 3.45. The van der Waals surface area contributed by atoms with Crippen molar-refractivity contribution in [1.29, 1.82) is 0 Å². The Balaban J connectivity index is 2.33. The quantitative estimate of drug-likeness (QED) is 0.806. The number of sulfonamides is 1. The first-order valence-corrected chi connectivity index (χ1v) is 8.02. The number of rotatable bonds is 4. The molecule has 0 amide bonds. The number of nitrogens with one attached hydrogen (secondary N) is 1. The SMILES string of the molecule is COc1ccc(S(=O)(=O)Nc2ccc(Br)c(F)c2)cc1N. The van der Waals surface area contributed by atoms with E-state index in [0.29, 0.717) is 5.75 Å². The summed E-state index contributed by atoms with van der Waals surface area (Å²) in [6, 6.07) is 8.01. The highest BCUT2D eigenvalue weighted by atomic mass is 79.9. The van der Waals surface area contributed by atoms with Gasteiger partial charge in [0.25, 0.3) is 10.0 Å². The number of methoxy groups -OCH3 is 1. The minimum atomic E-state index is -3.86. The monoisotopic (exact) mass is 374 g/mol. The zero-order valence-corrected chi connectivity index (χ0v) is 13.3. The van der Waals surface area contributed by atoms with Crippen LogP contribution in [0.2, 0.25) is 0 Å². The summed E-state index contributed by atoms with van der Waals surface area (Å²) in [5.41, 5.74) is 5.99. The smallest absolute Gasteiger partial charge is 0.261 e. The van der Waals surface area contributed by atoms with E-state index >= 15 is 0 Å². The molecule has 2 aromatic rings. The van der Waals surface area contributed by atoms with Gasteiger partial charge < -0.3 is 10.5 Å². The number of halogens is 2. The molecule has 0 saturated heterocycles. The Hall–Kier alpha value is -1.80. The van der Waals surface area contributed by atoms with Crippen LogP contribution in [0.1, 0.15) is 0 Å². The molecule has 5 nitrogen and oxygen atoms in total. The second-order valence-electron chi connectivity index (χ2n) is 4.14. The zero-order chi connectivity index (χ0) is 15.6. The molecule has 0 aromatic heterocycles.